The van der Waals surface area contributed by atoms with Gasteiger partial charge in [-0.1, -0.05) is 19.1 Å². The Balaban J connectivity index is 1.52. The average molecular weight is 375 g/mol. The number of methoxy groups -OCH3 is 1. The summed E-state index contributed by atoms with van der Waals surface area (Å²) >= 11 is 0. The zero-order valence-corrected chi connectivity index (χ0v) is 16.1. The topological polar surface area (TPSA) is 82.1 Å². The summed E-state index contributed by atoms with van der Waals surface area (Å²) in [5, 5.41) is 12.1. The molecule has 7 nitrogen and oxygen atoms in total. The third-order valence-electron chi connectivity index (χ3n) is 5.72. The molecule has 1 heterocycles. The highest BCUT2D eigenvalue weighted by atomic mass is 16.5. The standard InChI is InChI=1S/C20H29N3O4/c1-3-22(13-19(24)25)16-11-15(12-16)21-20(26)23-10-4-5-18(23)14-6-8-17(27-2)9-7-14/h6-9,15-16,18H,3-5,10-13H2,1-2H3,(H,21,26)(H,24,25). The van der Waals surface area contributed by atoms with E-state index in [0.717, 1.165) is 43.5 Å². The van der Waals surface area contributed by atoms with E-state index in [9.17, 15) is 9.59 Å². The number of urea groups is 1. The van der Waals surface area contributed by atoms with Crippen molar-refractivity contribution in [3.8, 4) is 5.75 Å². The molecule has 1 saturated heterocycles. The Bertz CT molecular complexity index is 658. The fourth-order valence-electron chi connectivity index (χ4n) is 4.12. The minimum absolute atomic E-state index is 0.0157. The lowest BCUT2D eigenvalue weighted by atomic mass is 9.85. The third-order valence-corrected chi connectivity index (χ3v) is 5.72. The van der Waals surface area contributed by atoms with Gasteiger partial charge in [0.15, 0.2) is 0 Å². The van der Waals surface area contributed by atoms with Crippen LogP contribution in [0.4, 0.5) is 4.79 Å². The van der Waals surface area contributed by atoms with Crippen LogP contribution in [-0.4, -0.2) is 65.7 Å². The van der Waals surface area contributed by atoms with Gasteiger partial charge in [0, 0.05) is 18.6 Å². The second kappa shape index (κ2) is 8.61. The maximum absolute atomic E-state index is 12.8. The minimum Gasteiger partial charge on any atom is -0.497 e. The van der Waals surface area contributed by atoms with Crippen LogP contribution < -0.4 is 10.1 Å². The summed E-state index contributed by atoms with van der Waals surface area (Å²) < 4.78 is 5.21. The van der Waals surface area contributed by atoms with Gasteiger partial charge in [0.25, 0.3) is 0 Å². The van der Waals surface area contributed by atoms with Crippen molar-refractivity contribution in [1.82, 2.24) is 15.1 Å². The van der Waals surface area contributed by atoms with Crippen molar-refractivity contribution in [3.05, 3.63) is 29.8 Å². The molecule has 1 aliphatic heterocycles. The molecule has 1 unspecified atom stereocenters. The van der Waals surface area contributed by atoms with Gasteiger partial charge >= 0.3 is 12.0 Å². The van der Waals surface area contributed by atoms with Gasteiger partial charge in [0.2, 0.25) is 0 Å². The summed E-state index contributed by atoms with van der Waals surface area (Å²) in [6.07, 6.45) is 3.59. The number of ether oxygens (including phenoxy) is 1. The van der Waals surface area contributed by atoms with Crippen molar-refractivity contribution >= 4 is 12.0 Å². The summed E-state index contributed by atoms with van der Waals surface area (Å²) in [6.45, 7) is 3.51. The molecule has 148 valence electrons. The van der Waals surface area contributed by atoms with Gasteiger partial charge in [-0.05, 0) is 49.9 Å². The number of nitrogens with one attached hydrogen (secondary N) is 1. The number of likely N-dealkylation sites (tertiary alicyclic amines) is 1. The number of carboxylic acid groups (broad SMARTS) is 1. The molecule has 2 amide bonds. The fourth-order valence-corrected chi connectivity index (χ4v) is 4.12. The maximum atomic E-state index is 12.8. The summed E-state index contributed by atoms with van der Waals surface area (Å²) in [5.74, 6) is 0.0128. The Hall–Kier alpha value is -2.28. The molecule has 1 saturated carbocycles. The highest BCUT2D eigenvalue weighted by Crippen LogP contribution is 2.33. The van der Waals surface area contributed by atoms with Crippen LogP contribution >= 0.6 is 0 Å². The van der Waals surface area contributed by atoms with Gasteiger partial charge in [-0.2, -0.15) is 0 Å². The molecule has 27 heavy (non-hydrogen) atoms. The molecule has 2 fully saturated rings. The van der Waals surface area contributed by atoms with Crippen molar-refractivity contribution in [2.45, 2.75) is 50.7 Å². The first-order valence-electron chi connectivity index (χ1n) is 9.68. The molecule has 1 aromatic rings. The van der Waals surface area contributed by atoms with Gasteiger partial charge in [-0.3, -0.25) is 9.69 Å². The highest BCUT2D eigenvalue weighted by molar-refractivity contribution is 5.75. The minimum atomic E-state index is -0.802. The Morgan fingerprint density at radius 3 is 2.59 bits per heavy atom. The van der Waals surface area contributed by atoms with Crippen molar-refractivity contribution < 1.29 is 19.4 Å². The molecule has 0 spiro atoms. The highest BCUT2D eigenvalue weighted by Gasteiger charge is 2.37. The van der Waals surface area contributed by atoms with Crippen LogP contribution in [-0.2, 0) is 4.79 Å². The van der Waals surface area contributed by atoms with Crippen LogP contribution in [0, 0.1) is 0 Å². The number of nitrogens with zero attached hydrogens (tertiary/aromatic N) is 2. The molecule has 7 heteroatoms. The van der Waals surface area contributed by atoms with E-state index in [0.29, 0.717) is 6.54 Å². The monoisotopic (exact) mass is 375 g/mol. The van der Waals surface area contributed by atoms with Crippen LogP contribution in [0.25, 0.3) is 0 Å². The molecule has 1 aromatic carbocycles. The first-order chi connectivity index (χ1) is 13.0. The van der Waals surface area contributed by atoms with E-state index in [1.54, 1.807) is 7.11 Å². The van der Waals surface area contributed by atoms with E-state index >= 15 is 0 Å². The largest absolute Gasteiger partial charge is 0.497 e. The number of rotatable bonds is 7. The fraction of sp³-hybridized carbons (Fsp3) is 0.600. The van der Waals surface area contributed by atoms with Crippen LogP contribution in [0.5, 0.6) is 5.75 Å². The molecule has 2 aliphatic rings. The van der Waals surface area contributed by atoms with E-state index in [1.165, 1.54) is 0 Å². The number of carboxylic acids is 1. The van der Waals surface area contributed by atoms with Gasteiger partial charge < -0.3 is 20.1 Å². The number of hydrogen-bond acceptors (Lipinski definition) is 4. The first-order valence-corrected chi connectivity index (χ1v) is 9.68. The number of aliphatic carboxylic acids is 1. The quantitative estimate of drug-likeness (QED) is 0.765. The molecule has 0 aromatic heterocycles. The zero-order chi connectivity index (χ0) is 19.4. The van der Waals surface area contributed by atoms with E-state index < -0.39 is 5.97 Å². The molecule has 1 aliphatic carbocycles. The summed E-state index contributed by atoms with van der Waals surface area (Å²) in [5.41, 5.74) is 1.13. The van der Waals surface area contributed by atoms with Gasteiger partial charge in [-0.15, -0.1) is 0 Å². The second-order valence-electron chi connectivity index (χ2n) is 7.35. The Kier molecular flexibility index (Phi) is 6.21. The maximum Gasteiger partial charge on any atom is 0.318 e. The lowest BCUT2D eigenvalue weighted by Gasteiger charge is -2.43. The second-order valence-corrected chi connectivity index (χ2v) is 7.35. The lowest BCUT2D eigenvalue weighted by molar-refractivity contribution is -0.139. The average Bonchev–Trinajstić information content (AvgIpc) is 3.12. The summed E-state index contributed by atoms with van der Waals surface area (Å²) in [4.78, 5) is 27.6. The van der Waals surface area contributed by atoms with Crippen LogP contribution in [0.3, 0.4) is 0 Å². The number of likely N-dealkylation sites (N-methyl/N-ethyl adjacent to an activating group) is 1. The van der Waals surface area contributed by atoms with Gasteiger partial charge in [-0.25, -0.2) is 4.79 Å². The molecular formula is C20H29N3O4. The van der Waals surface area contributed by atoms with Crippen LogP contribution in [0.1, 0.15) is 44.2 Å². The van der Waals surface area contributed by atoms with Crippen molar-refractivity contribution in [1.29, 1.82) is 0 Å². The van der Waals surface area contributed by atoms with Crippen molar-refractivity contribution in [2.75, 3.05) is 26.7 Å². The lowest BCUT2D eigenvalue weighted by Crippen LogP contribution is -2.56. The molecule has 3 rings (SSSR count). The van der Waals surface area contributed by atoms with E-state index in [2.05, 4.69) is 5.32 Å². The summed E-state index contributed by atoms with van der Waals surface area (Å²) in [7, 11) is 1.65. The Morgan fingerprint density at radius 2 is 2.00 bits per heavy atom. The SMILES string of the molecule is CCN(CC(=O)O)C1CC(NC(=O)N2CCCC2c2ccc(OC)cc2)C1. The number of benzene rings is 1. The molecule has 2 N–H and O–H groups in total. The van der Waals surface area contributed by atoms with Crippen molar-refractivity contribution in [2.24, 2.45) is 0 Å². The third kappa shape index (κ3) is 4.53. The summed E-state index contributed by atoms with van der Waals surface area (Å²) in [6, 6.07) is 8.38. The van der Waals surface area contributed by atoms with E-state index in [1.807, 2.05) is 41.0 Å². The first kappa shape index (κ1) is 19.5. The smallest absolute Gasteiger partial charge is 0.318 e. The van der Waals surface area contributed by atoms with Crippen molar-refractivity contribution in [3.63, 3.8) is 0 Å². The number of amides is 2. The van der Waals surface area contributed by atoms with E-state index in [-0.39, 0.29) is 30.7 Å². The Labute approximate surface area is 160 Å². The number of hydrogen-bond donors (Lipinski definition) is 2. The zero-order valence-electron chi connectivity index (χ0n) is 16.1. The van der Waals surface area contributed by atoms with Crippen LogP contribution in [0.15, 0.2) is 24.3 Å². The molecular weight excluding hydrogens is 346 g/mol. The predicted octanol–water partition coefficient (Wildman–Crippen LogP) is 2.48. The van der Waals surface area contributed by atoms with Gasteiger partial charge in [0.05, 0.1) is 19.7 Å². The normalized spacial score (nSPS) is 24.6. The Morgan fingerprint density at radius 1 is 1.30 bits per heavy atom. The molecule has 1 atom stereocenters. The number of carbonyl (C=O) groups is 2. The number of carbonyl (C=O) groups excluding carboxylic acids is 1. The van der Waals surface area contributed by atoms with Gasteiger partial charge in [0.1, 0.15) is 5.75 Å². The molecule has 0 bridgehead atoms. The molecule has 0 radical (unpaired) electrons. The van der Waals surface area contributed by atoms with E-state index in [4.69, 9.17) is 9.84 Å². The predicted molar refractivity (Wildman–Crippen MR) is 102 cm³/mol. The van der Waals surface area contributed by atoms with Crippen LogP contribution in [0.2, 0.25) is 0 Å².